The van der Waals surface area contributed by atoms with Crippen molar-refractivity contribution in [1.82, 2.24) is 14.4 Å². The van der Waals surface area contributed by atoms with Crippen molar-refractivity contribution in [3.8, 4) is 11.5 Å². The van der Waals surface area contributed by atoms with E-state index in [9.17, 15) is 19.8 Å². The van der Waals surface area contributed by atoms with Gasteiger partial charge in [0, 0.05) is 17.8 Å². The van der Waals surface area contributed by atoms with Gasteiger partial charge in [-0.3, -0.25) is 14.5 Å². The molecule has 1 saturated heterocycles. The number of amides is 1. The van der Waals surface area contributed by atoms with Gasteiger partial charge in [-0.15, -0.1) is 11.3 Å². The van der Waals surface area contributed by atoms with Crippen LogP contribution in [-0.2, 0) is 9.59 Å². The molecule has 3 aromatic heterocycles. The Kier molecular flexibility index (Phi) is 5.09. The number of fused-ring (bicyclic) bond motifs is 1. The number of thiazole rings is 1. The number of phenols is 1. The molecule has 1 aromatic carbocycles. The fraction of sp³-hybridized carbons (Fsp3) is 0.167. The number of imidazole rings is 1. The predicted octanol–water partition coefficient (Wildman–Crippen LogP) is 3.75. The number of carbonyl (C=O) groups is 2. The second-order valence-electron chi connectivity index (χ2n) is 7.85. The Labute approximate surface area is 198 Å². The number of rotatable bonds is 4. The summed E-state index contributed by atoms with van der Waals surface area (Å²) in [6.07, 6.45) is 3.35. The third-order valence-electron chi connectivity index (χ3n) is 5.90. The van der Waals surface area contributed by atoms with Crippen molar-refractivity contribution >= 4 is 39.6 Å². The van der Waals surface area contributed by atoms with Gasteiger partial charge in [-0.25, -0.2) is 9.97 Å². The van der Waals surface area contributed by atoms with Crippen LogP contribution in [0.25, 0.3) is 11.4 Å². The van der Waals surface area contributed by atoms with Crippen LogP contribution in [0.5, 0.6) is 11.5 Å². The molecule has 0 spiro atoms. The Morgan fingerprint density at radius 1 is 1.21 bits per heavy atom. The summed E-state index contributed by atoms with van der Waals surface area (Å²) in [5, 5.41) is 23.5. The molecule has 10 heteroatoms. The number of phenolic OH excluding ortho intramolecular Hbond substituents is 1. The minimum Gasteiger partial charge on any atom is -0.505 e. The van der Waals surface area contributed by atoms with Gasteiger partial charge in [0.05, 0.1) is 24.4 Å². The van der Waals surface area contributed by atoms with Gasteiger partial charge in [-0.1, -0.05) is 12.1 Å². The summed E-state index contributed by atoms with van der Waals surface area (Å²) in [4.78, 5) is 36.5. The number of nitrogens with zero attached hydrogens (tertiary/aromatic N) is 4. The van der Waals surface area contributed by atoms with Crippen molar-refractivity contribution in [3.05, 3.63) is 76.2 Å². The number of hydrogen-bond acceptors (Lipinski definition) is 8. The molecule has 4 aromatic rings. The molecule has 34 heavy (non-hydrogen) atoms. The summed E-state index contributed by atoms with van der Waals surface area (Å²) in [6.45, 7) is 3.68. The van der Waals surface area contributed by atoms with Gasteiger partial charge < -0.3 is 19.4 Å². The maximum Gasteiger partial charge on any atom is 0.301 e. The summed E-state index contributed by atoms with van der Waals surface area (Å²) in [5.41, 5.74) is 2.72. The van der Waals surface area contributed by atoms with Crippen molar-refractivity contribution in [2.75, 3.05) is 12.0 Å². The van der Waals surface area contributed by atoms with E-state index in [4.69, 9.17) is 4.74 Å². The summed E-state index contributed by atoms with van der Waals surface area (Å²) in [6, 6.07) is 7.28. The molecule has 9 nitrogen and oxygen atoms in total. The fourth-order valence-corrected chi connectivity index (χ4v) is 4.89. The lowest BCUT2D eigenvalue weighted by Crippen LogP contribution is -2.29. The lowest BCUT2D eigenvalue weighted by molar-refractivity contribution is -0.132. The molecule has 172 valence electrons. The number of Topliss-reactive ketones (excluding diaryl/α,β-unsaturated/α-hetero) is 1. The molecule has 2 N–H and O–H groups in total. The lowest BCUT2D eigenvalue weighted by atomic mass is 9.96. The Bertz CT molecular complexity index is 1490. The number of methoxy groups -OCH3 is 1. The SMILES string of the molecule is COc1cc(C2C(=C(O)c3nc4c(C)cccn4c3C)C(=O)C(=O)N2c2nccs2)ccc1O. The Morgan fingerprint density at radius 2 is 2.00 bits per heavy atom. The summed E-state index contributed by atoms with van der Waals surface area (Å²) in [5.74, 6) is -1.97. The zero-order chi connectivity index (χ0) is 24.1. The van der Waals surface area contributed by atoms with Gasteiger partial charge in [0.25, 0.3) is 5.78 Å². The van der Waals surface area contributed by atoms with Crippen LogP contribution in [0.15, 0.2) is 53.7 Å². The number of aliphatic hydroxyl groups excluding tert-OH is 1. The number of hydrogen-bond donors (Lipinski definition) is 2. The van der Waals surface area contributed by atoms with E-state index >= 15 is 0 Å². The molecular formula is C24H20N4O5S. The zero-order valence-electron chi connectivity index (χ0n) is 18.5. The quantitative estimate of drug-likeness (QED) is 0.262. The number of aliphatic hydroxyl groups is 1. The standard InChI is InChI=1S/C24H20N4O5S/c1-12-5-4-9-27-13(2)18(26-22(12)27)20(30)17-19(14-6-7-15(29)16(11-14)33-3)28(23(32)21(17)31)24-25-8-10-34-24/h4-11,19,29-30H,1-3H3. The lowest BCUT2D eigenvalue weighted by Gasteiger charge is -2.23. The molecule has 1 unspecified atom stereocenters. The minimum atomic E-state index is -0.994. The van der Waals surface area contributed by atoms with E-state index in [-0.39, 0.29) is 28.5 Å². The average molecular weight is 477 g/mol. The van der Waals surface area contributed by atoms with E-state index in [0.717, 1.165) is 5.56 Å². The van der Waals surface area contributed by atoms with Crippen molar-refractivity contribution < 1.29 is 24.5 Å². The van der Waals surface area contributed by atoms with Crippen LogP contribution in [0.4, 0.5) is 5.13 Å². The largest absolute Gasteiger partial charge is 0.505 e. The van der Waals surface area contributed by atoms with Crippen LogP contribution in [0.2, 0.25) is 0 Å². The Morgan fingerprint density at radius 3 is 2.68 bits per heavy atom. The van der Waals surface area contributed by atoms with Crippen LogP contribution in [-0.4, -0.2) is 43.4 Å². The monoisotopic (exact) mass is 476 g/mol. The highest BCUT2D eigenvalue weighted by atomic mass is 32.1. The van der Waals surface area contributed by atoms with Crippen molar-refractivity contribution in [2.24, 2.45) is 0 Å². The number of carbonyl (C=O) groups excluding carboxylic acids is 2. The van der Waals surface area contributed by atoms with Gasteiger partial charge >= 0.3 is 5.91 Å². The number of aryl methyl sites for hydroxylation is 2. The van der Waals surface area contributed by atoms with Gasteiger partial charge in [0.2, 0.25) is 0 Å². The number of anilines is 1. The van der Waals surface area contributed by atoms with Crippen LogP contribution < -0.4 is 9.64 Å². The number of ether oxygens (including phenoxy) is 1. The first-order valence-electron chi connectivity index (χ1n) is 10.4. The first kappa shape index (κ1) is 21.7. The molecule has 5 rings (SSSR count). The zero-order valence-corrected chi connectivity index (χ0v) is 19.3. The molecule has 1 aliphatic rings. The number of benzene rings is 1. The van der Waals surface area contributed by atoms with Crippen LogP contribution in [0, 0.1) is 13.8 Å². The molecule has 1 amide bonds. The van der Waals surface area contributed by atoms with Crippen molar-refractivity contribution in [2.45, 2.75) is 19.9 Å². The van der Waals surface area contributed by atoms with Crippen LogP contribution in [0.1, 0.15) is 28.6 Å². The maximum atomic E-state index is 13.3. The van der Waals surface area contributed by atoms with E-state index in [1.807, 2.05) is 29.7 Å². The van der Waals surface area contributed by atoms with E-state index in [2.05, 4.69) is 9.97 Å². The van der Waals surface area contributed by atoms with Gasteiger partial charge in [0.1, 0.15) is 11.3 Å². The summed E-state index contributed by atoms with van der Waals surface area (Å²) in [7, 11) is 1.40. The first-order chi connectivity index (χ1) is 16.3. The maximum absolute atomic E-state index is 13.3. The van der Waals surface area contributed by atoms with Gasteiger partial charge in [-0.2, -0.15) is 0 Å². The molecule has 4 heterocycles. The summed E-state index contributed by atoms with van der Waals surface area (Å²) < 4.78 is 7.05. The van der Waals surface area contributed by atoms with Gasteiger partial charge in [0.15, 0.2) is 22.4 Å². The van der Waals surface area contributed by atoms with Crippen LogP contribution >= 0.6 is 11.3 Å². The molecule has 0 aliphatic carbocycles. The van der Waals surface area contributed by atoms with E-state index in [1.165, 1.54) is 41.7 Å². The molecule has 1 fully saturated rings. The second kappa shape index (κ2) is 7.99. The topological polar surface area (TPSA) is 117 Å². The highest BCUT2D eigenvalue weighted by Crippen LogP contribution is 2.44. The number of pyridine rings is 1. The molecule has 0 bridgehead atoms. The van der Waals surface area contributed by atoms with E-state index in [0.29, 0.717) is 22.0 Å². The molecule has 1 atom stereocenters. The number of aromatic hydroxyl groups is 1. The number of ketones is 1. The van der Waals surface area contributed by atoms with Crippen LogP contribution in [0.3, 0.4) is 0 Å². The number of aromatic nitrogens is 3. The van der Waals surface area contributed by atoms with E-state index in [1.54, 1.807) is 18.4 Å². The second-order valence-corrected chi connectivity index (χ2v) is 8.72. The molecule has 0 saturated carbocycles. The molecular weight excluding hydrogens is 456 g/mol. The van der Waals surface area contributed by atoms with E-state index < -0.39 is 17.7 Å². The van der Waals surface area contributed by atoms with Crippen molar-refractivity contribution in [1.29, 1.82) is 0 Å². The average Bonchev–Trinajstić information content (AvgIpc) is 3.53. The normalized spacial score (nSPS) is 17.6. The minimum absolute atomic E-state index is 0.0934. The summed E-state index contributed by atoms with van der Waals surface area (Å²) >= 11 is 1.19. The fourth-order valence-electron chi connectivity index (χ4n) is 4.22. The third-order valence-corrected chi connectivity index (χ3v) is 6.67. The highest BCUT2D eigenvalue weighted by molar-refractivity contribution is 7.14. The first-order valence-corrected chi connectivity index (χ1v) is 11.2. The van der Waals surface area contributed by atoms with Gasteiger partial charge in [-0.05, 0) is 43.2 Å². The predicted molar refractivity (Wildman–Crippen MR) is 126 cm³/mol. The van der Waals surface area contributed by atoms with Crippen molar-refractivity contribution in [3.63, 3.8) is 0 Å². The molecule has 0 radical (unpaired) electrons. The Balaban J connectivity index is 1.78. The Hall–Kier alpha value is -4.18. The molecule has 1 aliphatic heterocycles. The smallest absolute Gasteiger partial charge is 0.301 e. The third kappa shape index (κ3) is 3.14. The highest BCUT2D eigenvalue weighted by Gasteiger charge is 2.48.